The van der Waals surface area contributed by atoms with Gasteiger partial charge in [-0.05, 0) is 18.1 Å². The van der Waals surface area contributed by atoms with E-state index in [0.29, 0.717) is 36.0 Å². The van der Waals surface area contributed by atoms with Crippen LogP contribution in [0.5, 0.6) is 5.75 Å². The molecule has 0 radical (unpaired) electrons. The van der Waals surface area contributed by atoms with Gasteiger partial charge in [0.05, 0.1) is 18.4 Å². The van der Waals surface area contributed by atoms with E-state index in [1.807, 2.05) is 31.4 Å². The maximum absolute atomic E-state index is 6.19. The number of benzene rings is 1. The lowest BCUT2D eigenvalue weighted by Crippen LogP contribution is -2.39. The van der Waals surface area contributed by atoms with Gasteiger partial charge < -0.3 is 15.2 Å². The number of nitrogens with zero attached hydrogens (tertiary/aromatic N) is 5. The van der Waals surface area contributed by atoms with Gasteiger partial charge in [0, 0.05) is 50.4 Å². The molecule has 0 spiro atoms. The molecule has 2 fully saturated rings. The summed E-state index contributed by atoms with van der Waals surface area (Å²) in [4.78, 5) is 10.7. The Morgan fingerprint density at radius 1 is 1.26 bits per heavy atom. The summed E-state index contributed by atoms with van der Waals surface area (Å²) in [7, 11) is 1.88. The predicted molar refractivity (Wildman–Crippen MR) is 118 cm³/mol. The van der Waals surface area contributed by atoms with Gasteiger partial charge in [0.25, 0.3) is 0 Å². The van der Waals surface area contributed by atoms with Crippen molar-refractivity contribution in [3.8, 4) is 17.1 Å². The van der Waals surface area contributed by atoms with Crippen molar-refractivity contribution in [2.75, 3.05) is 32.0 Å². The van der Waals surface area contributed by atoms with E-state index in [0.717, 1.165) is 48.7 Å². The van der Waals surface area contributed by atoms with E-state index in [4.69, 9.17) is 26.8 Å². The fourth-order valence-corrected chi connectivity index (χ4v) is 4.65. The zero-order valence-corrected chi connectivity index (χ0v) is 18.1. The lowest BCUT2D eigenvalue weighted by atomic mass is 10.0. The van der Waals surface area contributed by atoms with Crippen LogP contribution in [0.15, 0.2) is 36.5 Å². The summed E-state index contributed by atoms with van der Waals surface area (Å²) in [5, 5.41) is 4.87. The minimum atomic E-state index is 0.129. The first-order valence-electron chi connectivity index (χ1n) is 10.4. The first kappa shape index (κ1) is 20.2. The van der Waals surface area contributed by atoms with Gasteiger partial charge in [-0.3, -0.25) is 9.58 Å². The third-order valence-corrected chi connectivity index (χ3v) is 6.06. The fraction of sp³-hybridized carbons (Fsp3) is 0.409. The number of hydrogen-bond donors (Lipinski definition) is 1. The molecular formula is C22H25ClN6O2. The number of morpholine rings is 1. The molecule has 2 saturated heterocycles. The molecule has 162 valence electrons. The number of rotatable bonds is 7. The topological polar surface area (TPSA) is 91.3 Å². The number of anilines is 1. The summed E-state index contributed by atoms with van der Waals surface area (Å²) in [6.45, 7) is 3.43. The number of aryl methyl sites for hydroxylation is 1. The van der Waals surface area contributed by atoms with Crippen molar-refractivity contribution in [3.63, 3.8) is 0 Å². The Balaban J connectivity index is 1.32. The van der Waals surface area contributed by atoms with Gasteiger partial charge in [0.2, 0.25) is 5.95 Å². The Morgan fingerprint density at radius 3 is 2.90 bits per heavy atom. The van der Waals surface area contributed by atoms with Crippen molar-refractivity contribution in [2.45, 2.75) is 25.0 Å². The normalized spacial score (nSPS) is 20.5. The van der Waals surface area contributed by atoms with Crippen LogP contribution in [0.25, 0.3) is 11.4 Å². The van der Waals surface area contributed by atoms with Crippen molar-refractivity contribution >= 4 is 17.5 Å². The number of halogens is 1. The van der Waals surface area contributed by atoms with E-state index in [1.54, 1.807) is 10.7 Å². The molecule has 1 aromatic carbocycles. The average molecular weight is 441 g/mol. The minimum absolute atomic E-state index is 0.129. The monoisotopic (exact) mass is 440 g/mol. The minimum Gasteiger partial charge on any atom is -0.492 e. The number of aromatic nitrogens is 4. The smallest absolute Gasteiger partial charge is 0.222 e. The second-order valence-corrected chi connectivity index (χ2v) is 8.47. The lowest BCUT2D eigenvalue weighted by Gasteiger charge is -2.26. The maximum atomic E-state index is 6.19. The fourth-order valence-electron chi connectivity index (χ4n) is 4.46. The molecule has 0 unspecified atom stereocenters. The van der Waals surface area contributed by atoms with Crippen molar-refractivity contribution in [1.29, 1.82) is 0 Å². The van der Waals surface area contributed by atoms with Crippen LogP contribution in [0.2, 0.25) is 5.15 Å². The molecule has 0 amide bonds. The largest absolute Gasteiger partial charge is 0.492 e. The molecule has 4 heterocycles. The van der Waals surface area contributed by atoms with Crippen LogP contribution in [0.1, 0.15) is 17.5 Å². The highest BCUT2D eigenvalue weighted by molar-refractivity contribution is 6.29. The first-order valence-corrected chi connectivity index (χ1v) is 10.8. The molecule has 8 nitrogen and oxygen atoms in total. The Bertz CT molecular complexity index is 1070. The number of fused-ring (bicyclic) bond motifs is 2. The molecule has 9 heteroatoms. The summed E-state index contributed by atoms with van der Waals surface area (Å²) in [6, 6.07) is 10.4. The molecule has 5 rings (SSSR count). The highest BCUT2D eigenvalue weighted by Gasteiger charge is 2.38. The van der Waals surface area contributed by atoms with Crippen LogP contribution in [0.3, 0.4) is 0 Å². The zero-order chi connectivity index (χ0) is 21.4. The standard InChI is InChI=1S/C22H25ClN6O2/c1-28-11-15(21(27-28)18-10-20(23)26-22(24)25-18)8-14-4-2-3-5-19(14)30-7-6-29-12-17-9-16(29)13-31-17/h2-5,10-11,16-17H,6-9,12-13H2,1H3,(H2,24,25,26)/t16-,17-/m1/s1. The summed E-state index contributed by atoms with van der Waals surface area (Å²) in [6.07, 6.45) is 4.20. The van der Waals surface area contributed by atoms with Crippen LogP contribution in [0, 0.1) is 0 Å². The molecule has 31 heavy (non-hydrogen) atoms. The number of nitrogens with two attached hydrogens (primary N) is 1. The highest BCUT2D eigenvalue weighted by atomic mass is 35.5. The van der Waals surface area contributed by atoms with Crippen molar-refractivity contribution < 1.29 is 9.47 Å². The first-order chi connectivity index (χ1) is 15.0. The van der Waals surface area contributed by atoms with Crippen molar-refractivity contribution in [3.05, 3.63) is 52.8 Å². The van der Waals surface area contributed by atoms with Gasteiger partial charge in [0.15, 0.2) is 0 Å². The van der Waals surface area contributed by atoms with Gasteiger partial charge in [-0.15, -0.1) is 0 Å². The molecule has 0 aliphatic carbocycles. The zero-order valence-electron chi connectivity index (χ0n) is 17.4. The Kier molecular flexibility index (Phi) is 5.52. The molecule has 3 aromatic rings. The van der Waals surface area contributed by atoms with Crippen molar-refractivity contribution in [1.82, 2.24) is 24.6 Å². The number of hydrogen-bond acceptors (Lipinski definition) is 7. The van der Waals surface area contributed by atoms with Gasteiger partial charge in [-0.25, -0.2) is 9.97 Å². The lowest BCUT2D eigenvalue weighted by molar-refractivity contribution is 0.0257. The van der Waals surface area contributed by atoms with Gasteiger partial charge in [-0.1, -0.05) is 29.8 Å². The van der Waals surface area contributed by atoms with E-state index in [1.165, 1.54) is 0 Å². The van der Waals surface area contributed by atoms with Gasteiger partial charge >= 0.3 is 0 Å². The van der Waals surface area contributed by atoms with Gasteiger partial charge in [0.1, 0.15) is 23.2 Å². The van der Waals surface area contributed by atoms with E-state index in [2.05, 4.69) is 26.0 Å². The van der Waals surface area contributed by atoms with E-state index < -0.39 is 0 Å². The second kappa shape index (κ2) is 8.45. The maximum Gasteiger partial charge on any atom is 0.222 e. The highest BCUT2D eigenvalue weighted by Crippen LogP contribution is 2.29. The summed E-state index contributed by atoms with van der Waals surface area (Å²) < 4.78 is 13.6. The van der Waals surface area contributed by atoms with Crippen LogP contribution >= 0.6 is 11.6 Å². The summed E-state index contributed by atoms with van der Waals surface area (Å²) in [5.74, 6) is 1.02. The summed E-state index contributed by atoms with van der Waals surface area (Å²) >= 11 is 6.08. The van der Waals surface area contributed by atoms with E-state index in [9.17, 15) is 0 Å². The number of nitrogen functional groups attached to an aromatic ring is 1. The Hall–Kier alpha value is -2.68. The van der Waals surface area contributed by atoms with E-state index >= 15 is 0 Å². The average Bonchev–Trinajstić information content (AvgIpc) is 3.44. The predicted octanol–water partition coefficient (Wildman–Crippen LogP) is 2.56. The molecule has 2 bridgehead atoms. The second-order valence-electron chi connectivity index (χ2n) is 8.08. The molecule has 2 aromatic heterocycles. The number of ether oxygens (including phenoxy) is 2. The van der Waals surface area contributed by atoms with Crippen LogP contribution in [-0.2, 0) is 18.2 Å². The summed E-state index contributed by atoms with van der Waals surface area (Å²) in [5.41, 5.74) is 9.24. The SMILES string of the molecule is Cn1cc(Cc2ccccc2OCCN2C[C@H]3C[C@@H]2CO3)c(-c2cc(Cl)nc(N)n2)n1. The molecule has 2 atom stereocenters. The van der Waals surface area contributed by atoms with Gasteiger partial charge in [-0.2, -0.15) is 5.10 Å². The van der Waals surface area contributed by atoms with Crippen molar-refractivity contribution in [2.24, 2.45) is 7.05 Å². The third-order valence-electron chi connectivity index (χ3n) is 5.86. The number of likely N-dealkylation sites (tertiary alicyclic amines) is 1. The third kappa shape index (κ3) is 4.37. The quantitative estimate of drug-likeness (QED) is 0.564. The van der Waals surface area contributed by atoms with Crippen LogP contribution in [-0.4, -0.2) is 63.1 Å². The molecule has 2 aliphatic heterocycles. The number of para-hydroxylation sites is 1. The molecule has 2 N–H and O–H groups in total. The molecular weight excluding hydrogens is 416 g/mol. The van der Waals surface area contributed by atoms with Crippen LogP contribution in [0.4, 0.5) is 5.95 Å². The molecule has 0 saturated carbocycles. The Labute approximate surface area is 185 Å². The Morgan fingerprint density at radius 2 is 2.13 bits per heavy atom. The van der Waals surface area contributed by atoms with E-state index in [-0.39, 0.29) is 5.95 Å². The van der Waals surface area contributed by atoms with Crippen LogP contribution < -0.4 is 10.5 Å². The molecule has 2 aliphatic rings.